The highest BCUT2D eigenvalue weighted by atomic mass is 127. The van der Waals surface area contributed by atoms with E-state index < -0.39 is 0 Å². The van der Waals surface area contributed by atoms with Gasteiger partial charge in [0.1, 0.15) is 0 Å². The smallest absolute Gasteiger partial charge is 0.191 e. The molecule has 5 nitrogen and oxygen atoms in total. The first-order valence-electron chi connectivity index (χ1n) is 10.8. The number of unbranched alkanes of at least 4 members (excludes halogenated alkanes) is 2. The van der Waals surface area contributed by atoms with Crippen molar-refractivity contribution in [3.63, 3.8) is 0 Å². The van der Waals surface area contributed by atoms with Gasteiger partial charge in [-0.15, -0.1) is 35.3 Å². The topological polar surface area (TPSA) is 58.5 Å². The van der Waals surface area contributed by atoms with Crippen LogP contribution in [0.3, 0.4) is 0 Å². The summed E-state index contributed by atoms with van der Waals surface area (Å²) in [5.74, 6) is 0.918. The van der Waals surface area contributed by atoms with E-state index in [1.807, 2.05) is 0 Å². The molecule has 2 rings (SSSR count). The van der Waals surface area contributed by atoms with Gasteiger partial charge in [-0.3, -0.25) is 4.99 Å². The van der Waals surface area contributed by atoms with Crippen molar-refractivity contribution in [3.05, 3.63) is 15.6 Å². The Bertz CT molecular complexity index is 539. The lowest BCUT2D eigenvalue weighted by Gasteiger charge is -2.21. The zero-order chi connectivity index (χ0) is 19.3. The van der Waals surface area contributed by atoms with E-state index >= 15 is 0 Å². The Balaban J connectivity index is 0.00000392. The van der Waals surface area contributed by atoms with Crippen LogP contribution in [-0.2, 0) is 11.2 Å². The summed E-state index contributed by atoms with van der Waals surface area (Å²) in [7, 11) is 0. The summed E-state index contributed by atoms with van der Waals surface area (Å²) in [6.45, 7) is 9.86. The van der Waals surface area contributed by atoms with Crippen molar-refractivity contribution in [2.45, 2.75) is 84.7 Å². The number of guanidine groups is 1. The molecule has 1 aromatic heterocycles. The number of aromatic nitrogens is 1. The lowest BCUT2D eigenvalue weighted by molar-refractivity contribution is 0.0264. The molecule has 0 spiro atoms. The Kier molecular flexibility index (Phi) is 14.1. The molecule has 1 heterocycles. The summed E-state index contributed by atoms with van der Waals surface area (Å²) < 4.78 is 5.99. The van der Waals surface area contributed by atoms with Gasteiger partial charge in [-0.25, -0.2) is 4.98 Å². The first-order valence-corrected chi connectivity index (χ1v) is 11.6. The third-order valence-corrected chi connectivity index (χ3v) is 6.16. The Morgan fingerprint density at radius 3 is 2.61 bits per heavy atom. The summed E-state index contributed by atoms with van der Waals surface area (Å²) in [4.78, 5) is 10.6. The summed E-state index contributed by atoms with van der Waals surface area (Å²) >= 11 is 1.80. The molecule has 0 aliphatic heterocycles. The van der Waals surface area contributed by atoms with Gasteiger partial charge in [-0.1, -0.05) is 19.3 Å². The van der Waals surface area contributed by atoms with Gasteiger partial charge in [0.2, 0.25) is 0 Å². The molecule has 0 unspecified atom stereocenters. The standard InChI is InChI=1S/C21H38N4OS.HI/c1-4-22-21(24-15-13-20-25-17(2)18(3)27-20)23-14-9-6-10-16-26-19-11-7-5-8-12-19;/h19H,4-16H2,1-3H3,(H2,22,23,24);1H. The first-order chi connectivity index (χ1) is 13.2. The van der Waals surface area contributed by atoms with Crippen LogP contribution < -0.4 is 10.6 Å². The van der Waals surface area contributed by atoms with Crippen molar-refractivity contribution >= 4 is 41.3 Å². The average Bonchev–Trinajstić information content (AvgIpc) is 2.99. The number of aryl methyl sites for hydroxylation is 2. The predicted molar refractivity (Wildman–Crippen MR) is 131 cm³/mol. The molecule has 1 aromatic rings. The van der Waals surface area contributed by atoms with Crippen LogP contribution in [0, 0.1) is 13.8 Å². The number of halogens is 1. The highest BCUT2D eigenvalue weighted by Crippen LogP contribution is 2.20. The van der Waals surface area contributed by atoms with E-state index in [1.165, 1.54) is 48.4 Å². The van der Waals surface area contributed by atoms with E-state index in [0.29, 0.717) is 6.10 Å². The molecule has 1 fully saturated rings. The maximum atomic E-state index is 5.99. The summed E-state index contributed by atoms with van der Waals surface area (Å²) in [6, 6.07) is 0. The average molecular weight is 523 g/mol. The molecule has 1 aliphatic rings. The highest BCUT2D eigenvalue weighted by molar-refractivity contribution is 14.0. The molecule has 162 valence electrons. The summed E-state index contributed by atoms with van der Waals surface area (Å²) in [6.07, 6.45) is 11.6. The molecular weight excluding hydrogens is 483 g/mol. The van der Waals surface area contributed by atoms with Crippen LogP contribution in [0.2, 0.25) is 0 Å². The van der Waals surface area contributed by atoms with Gasteiger partial charge in [0.05, 0.1) is 16.8 Å². The second kappa shape index (κ2) is 15.4. The van der Waals surface area contributed by atoms with E-state index in [4.69, 9.17) is 9.73 Å². The first kappa shape index (κ1) is 25.6. The minimum Gasteiger partial charge on any atom is -0.378 e. The van der Waals surface area contributed by atoms with Gasteiger partial charge in [-0.05, 0) is 52.9 Å². The zero-order valence-electron chi connectivity index (χ0n) is 17.9. The van der Waals surface area contributed by atoms with E-state index in [0.717, 1.165) is 57.2 Å². The quantitative estimate of drug-likeness (QED) is 0.186. The van der Waals surface area contributed by atoms with Crippen LogP contribution in [0.4, 0.5) is 0 Å². The second-order valence-corrected chi connectivity index (χ2v) is 8.67. The largest absolute Gasteiger partial charge is 0.378 e. The fourth-order valence-electron chi connectivity index (χ4n) is 3.34. The van der Waals surface area contributed by atoms with Crippen molar-refractivity contribution in [2.24, 2.45) is 4.99 Å². The monoisotopic (exact) mass is 522 g/mol. The third-order valence-electron chi connectivity index (χ3n) is 5.03. The van der Waals surface area contributed by atoms with Crippen molar-refractivity contribution < 1.29 is 4.74 Å². The minimum atomic E-state index is 0. The van der Waals surface area contributed by atoms with Gasteiger partial charge >= 0.3 is 0 Å². The van der Waals surface area contributed by atoms with Crippen LogP contribution in [0.5, 0.6) is 0 Å². The number of thiazole rings is 1. The van der Waals surface area contributed by atoms with Gasteiger partial charge in [0.25, 0.3) is 0 Å². The van der Waals surface area contributed by atoms with Gasteiger partial charge in [-0.2, -0.15) is 0 Å². The molecule has 2 N–H and O–H groups in total. The molecule has 0 radical (unpaired) electrons. The van der Waals surface area contributed by atoms with E-state index in [2.05, 4.69) is 36.4 Å². The zero-order valence-corrected chi connectivity index (χ0v) is 21.0. The van der Waals surface area contributed by atoms with Gasteiger partial charge in [0.15, 0.2) is 5.96 Å². The number of nitrogens with one attached hydrogen (secondary N) is 2. The number of hydrogen-bond donors (Lipinski definition) is 2. The van der Waals surface area contributed by atoms with Crippen LogP contribution in [-0.4, -0.2) is 43.3 Å². The molecule has 28 heavy (non-hydrogen) atoms. The molecule has 0 amide bonds. The van der Waals surface area contributed by atoms with E-state index in [-0.39, 0.29) is 24.0 Å². The van der Waals surface area contributed by atoms with Gasteiger partial charge < -0.3 is 15.4 Å². The van der Waals surface area contributed by atoms with Crippen molar-refractivity contribution in [1.29, 1.82) is 0 Å². The lowest BCUT2D eigenvalue weighted by atomic mass is 9.98. The van der Waals surface area contributed by atoms with Crippen LogP contribution in [0.1, 0.15) is 73.9 Å². The highest BCUT2D eigenvalue weighted by Gasteiger charge is 2.12. The summed E-state index contributed by atoms with van der Waals surface area (Å²) in [5.41, 5.74) is 1.16. The van der Waals surface area contributed by atoms with Crippen LogP contribution >= 0.6 is 35.3 Å². The Morgan fingerprint density at radius 2 is 1.93 bits per heavy atom. The maximum Gasteiger partial charge on any atom is 0.191 e. The van der Waals surface area contributed by atoms with E-state index in [9.17, 15) is 0 Å². The number of aliphatic imine (C=N–C) groups is 1. The van der Waals surface area contributed by atoms with Crippen molar-refractivity contribution in [3.8, 4) is 0 Å². The number of rotatable bonds is 11. The molecule has 1 aliphatic carbocycles. The van der Waals surface area contributed by atoms with Crippen molar-refractivity contribution in [2.75, 3.05) is 26.2 Å². The molecule has 7 heteroatoms. The SMILES string of the molecule is CCNC(=NCCCCCOC1CCCCC1)NCCc1nc(C)c(C)s1.I. The normalized spacial score (nSPS) is 15.3. The molecule has 0 bridgehead atoms. The number of nitrogens with zero attached hydrogens (tertiary/aromatic N) is 2. The Morgan fingerprint density at radius 1 is 1.14 bits per heavy atom. The van der Waals surface area contributed by atoms with Gasteiger partial charge in [0, 0.05) is 37.5 Å². The van der Waals surface area contributed by atoms with Crippen LogP contribution in [0.25, 0.3) is 0 Å². The second-order valence-electron chi connectivity index (χ2n) is 7.38. The predicted octanol–water partition coefficient (Wildman–Crippen LogP) is 5.00. The minimum absolute atomic E-state index is 0. The fraction of sp³-hybridized carbons (Fsp3) is 0.810. The maximum absolute atomic E-state index is 5.99. The number of ether oxygens (including phenoxy) is 1. The Hall–Kier alpha value is -0.410. The molecule has 0 aromatic carbocycles. The molecule has 0 atom stereocenters. The molecule has 1 saturated carbocycles. The van der Waals surface area contributed by atoms with Crippen LogP contribution in [0.15, 0.2) is 4.99 Å². The van der Waals surface area contributed by atoms with Crippen molar-refractivity contribution in [1.82, 2.24) is 15.6 Å². The third kappa shape index (κ3) is 10.4. The summed E-state index contributed by atoms with van der Waals surface area (Å²) in [5, 5.41) is 7.95. The lowest BCUT2D eigenvalue weighted by Crippen LogP contribution is -2.38. The molecular formula is C21H39IN4OS. The van der Waals surface area contributed by atoms with E-state index in [1.54, 1.807) is 11.3 Å². The Labute approximate surface area is 192 Å². The number of hydrogen-bond acceptors (Lipinski definition) is 4. The fourth-order valence-corrected chi connectivity index (χ4v) is 4.27. The molecule has 0 saturated heterocycles.